The predicted molar refractivity (Wildman–Crippen MR) is 79.5 cm³/mol. The third-order valence-electron chi connectivity index (χ3n) is 3.42. The maximum atomic E-state index is 14.4. The molecule has 1 N–H and O–H groups in total. The highest BCUT2D eigenvalue weighted by atomic mass is 35.5. The van der Waals surface area contributed by atoms with Crippen LogP contribution >= 0.6 is 11.6 Å². The zero-order valence-corrected chi connectivity index (χ0v) is 13.0. The average molecular weight is 314 g/mol. The molecule has 0 radical (unpaired) electrons. The normalized spacial score (nSPS) is 12.7. The molecule has 1 aromatic carbocycles. The Morgan fingerprint density at radius 3 is 2.67 bits per heavy atom. The average Bonchev–Trinajstić information content (AvgIpc) is 2.83. The van der Waals surface area contributed by atoms with Crippen molar-refractivity contribution in [3.8, 4) is 0 Å². The SMILES string of the molecule is CCNC(c1c(F)ccc(C)c1F)c1c(Cl)cnn1CC. The summed E-state index contributed by atoms with van der Waals surface area (Å²) in [6.07, 6.45) is 1.50. The highest BCUT2D eigenvalue weighted by Gasteiger charge is 2.27. The molecule has 0 fully saturated rings. The molecule has 114 valence electrons. The zero-order chi connectivity index (χ0) is 15.6. The molecule has 21 heavy (non-hydrogen) atoms. The molecule has 1 atom stereocenters. The topological polar surface area (TPSA) is 29.9 Å². The maximum absolute atomic E-state index is 14.4. The molecule has 6 heteroatoms. The molecular formula is C15H18ClF2N3. The predicted octanol–water partition coefficient (Wildman–Crippen LogP) is 3.84. The summed E-state index contributed by atoms with van der Waals surface area (Å²) in [4.78, 5) is 0. The summed E-state index contributed by atoms with van der Waals surface area (Å²) in [5.74, 6) is -1.15. The molecule has 3 nitrogen and oxygen atoms in total. The van der Waals surface area contributed by atoms with Gasteiger partial charge in [-0.1, -0.05) is 24.6 Å². The van der Waals surface area contributed by atoms with E-state index in [9.17, 15) is 8.78 Å². The first-order valence-electron chi connectivity index (χ1n) is 6.90. The van der Waals surface area contributed by atoms with Gasteiger partial charge in [-0.05, 0) is 32.0 Å². The van der Waals surface area contributed by atoms with Crippen LogP contribution < -0.4 is 5.32 Å². The smallest absolute Gasteiger partial charge is 0.134 e. The Bertz CT molecular complexity index is 640. The van der Waals surface area contributed by atoms with Gasteiger partial charge in [0.15, 0.2) is 0 Å². The minimum absolute atomic E-state index is 0.0195. The molecule has 0 spiro atoms. The van der Waals surface area contributed by atoms with E-state index in [1.807, 2.05) is 13.8 Å². The van der Waals surface area contributed by atoms with E-state index >= 15 is 0 Å². The monoisotopic (exact) mass is 313 g/mol. The Hall–Kier alpha value is -1.46. The van der Waals surface area contributed by atoms with Crippen LogP contribution in [0.5, 0.6) is 0 Å². The summed E-state index contributed by atoms with van der Waals surface area (Å²) < 4.78 is 30.3. The van der Waals surface area contributed by atoms with Gasteiger partial charge < -0.3 is 5.32 Å². The van der Waals surface area contributed by atoms with Crippen molar-refractivity contribution in [1.82, 2.24) is 15.1 Å². The van der Waals surface area contributed by atoms with Gasteiger partial charge in [0.2, 0.25) is 0 Å². The Labute approximate surface area is 127 Å². The van der Waals surface area contributed by atoms with E-state index in [-0.39, 0.29) is 5.56 Å². The van der Waals surface area contributed by atoms with E-state index in [0.29, 0.717) is 29.4 Å². The lowest BCUT2D eigenvalue weighted by atomic mass is 9.99. The van der Waals surface area contributed by atoms with Crippen molar-refractivity contribution in [2.75, 3.05) is 6.54 Å². The number of hydrogen-bond donors (Lipinski definition) is 1. The van der Waals surface area contributed by atoms with Crippen LogP contribution in [0.3, 0.4) is 0 Å². The van der Waals surface area contributed by atoms with Gasteiger partial charge in [-0.3, -0.25) is 4.68 Å². The summed E-state index contributed by atoms with van der Waals surface area (Å²) in [5.41, 5.74) is 0.950. The van der Waals surface area contributed by atoms with Crippen molar-refractivity contribution < 1.29 is 8.78 Å². The molecule has 0 saturated heterocycles. The number of hydrogen-bond acceptors (Lipinski definition) is 2. The van der Waals surface area contributed by atoms with E-state index in [4.69, 9.17) is 11.6 Å². The fraction of sp³-hybridized carbons (Fsp3) is 0.400. The lowest BCUT2D eigenvalue weighted by Crippen LogP contribution is -2.27. The highest BCUT2D eigenvalue weighted by Crippen LogP contribution is 2.32. The first-order valence-corrected chi connectivity index (χ1v) is 7.28. The van der Waals surface area contributed by atoms with Crippen molar-refractivity contribution >= 4 is 11.6 Å². The molecule has 0 aliphatic heterocycles. The largest absolute Gasteiger partial charge is 0.305 e. The van der Waals surface area contributed by atoms with Gasteiger partial charge in [0.05, 0.1) is 23.0 Å². The molecule has 1 heterocycles. The standard InChI is InChI=1S/C15H18ClF2N3/c1-4-19-14(15-10(16)8-20-21(15)5-2)12-11(17)7-6-9(3)13(12)18/h6-8,14,19H,4-5H2,1-3H3. The van der Waals surface area contributed by atoms with Crippen LogP contribution in [0.25, 0.3) is 0 Å². The molecule has 2 rings (SSSR count). The molecule has 0 saturated carbocycles. The van der Waals surface area contributed by atoms with E-state index in [1.165, 1.54) is 18.3 Å². The van der Waals surface area contributed by atoms with Crippen molar-refractivity contribution in [3.05, 3.63) is 51.8 Å². The number of nitrogens with zero attached hydrogens (tertiary/aromatic N) is 2. The molecular weight excluding hydrogens is 296 g/mol. The number of aromatic nitrogens is 2. The third-order valence-corrected chi connectivity index (χ3v) is 3.71. The van der Waals surface area contributed by atoms with Crippen molar-refractivity contribution in [3.63, 3.8) is 0 Å². The highest BCUT2D eigenvalue weighted by molar-refractivity contribution is 6.31. The van der Waals surface area contributed by atoms with E-state index in [2.05, 4.69) is 10.4 Å². The molecule has 1 aromatic heterocycles. The molecule has 0 bridgehead atoms. The number of benzene rings is 1. The second kappa shape index (κ2) is 6.54. The van der Waals surface area contributed by atoms with Gasteiger partial charge in [-0.15, -0.1) is 0 Å². The number of aryl methyl sites for hydroxylation is 2. The minimum Gasteiger partial charge on any atom is -0.305 e. The molecule has 0 amide bonds. The van der Waals surface area contributed by atoms with Crippen LogP contribution in [0.2, 0.25) is 5.02 Å². The maximum Gasteiger partial charge on any atom is 0.134 e. The van der Waals surface area contributed by atoms with E-state index in [1.54, 1.807) is 11.6 Å². The molecule has 0 aliphatic rings. The summed E-state index contributed by atoms with van der Waals surface area (Å²) in [6.45, 7) is 6.50. The van der Waals surface area contributed by atoms with E-state index < -0.39 is 17.7 Å². The van der Waals surface area contributed by atoms with Crippen molar-refractivity contribution in [2.45, 2.75) is 33.4 Å². The zero-order valence-electron chi connectivity index (χ0n) is 12.3. The fourth-order valence-corrected chi connectivity index (χ4v) is 2.64. The first-order chi connectivity index (χ1) is 10.0. The van der Waals surface area contributed by atoms with Gasteiger partial charge in [-0.25, -0.2) is 8.78 Å². The number of rotatable bonds is 5. The van der Waals surface area contributed by atoms with Gasteiger partial charge >= 0.3 is 0 Å². The molecule has 2 aromatic rings. The first kappa shape index (κ1) is 15.9. The second-order valence-corrected chi connectivity index (χ2v) is 5.18. The summed E-state index contributed by atoms with van der Waals surface area (Å²) in [5, 5.41) is 7.64. The van der Waals surface area contributed by atoms with Gasteiger partial charge in [0.25, 0.3) is 0 Å². The third kappa shape index (κ3) is 2.94. The fourth-order valence-electron chi connectivity index (χ4n) is 2.39. The van der Waals surface area contributed by atoms with Crippen LogP contribution in [0.1, 0.15) is 36.7 Å². The Balaban J connectivity index is 2.64. The molecule has 1 unspecified atom stereocenters. The number of halogens is 3. The lowest BCUT2D eigenvalue weighted by Gasteiger charge is -2.22. The van der Waals surface area contributed by atoms with Crippen molar-refractivity contribution in [2.24, 2.45) is 0 Å². The van der Waals surface area contributed by atoms with Crippen LogP contribution in [-0.2, 0) is 6.54 Å². The van der Waals surface area contributed by atoms with Crippen molar-refractivity contribution in [1.29, 1.82) is 0 Å². The lowest BCUT2D eigenvalue weighted by molar-refractivity contribution is 0.481. The number of nitrogens with one attached hydrogen (secondary N) is 1. The second-order valence-electron chi connectivity index (χ2n) is 4.78. The quantitative estimate of drug-likeness (QED) is 0.909. The Morgan fingerprint density at radius 1 is 1.33 bits per heavy atom. The summed E-state index contributed by atoms with van der Waals surface area (Å²) in [7, 11) is 0. The van der Waals surface area contributed by atoms with E-state index in [0.717, 1.165) is 0 Å². The summed E-state index contributed by atoms with van der Waals surface area (Å²) in [6, 6.07) is 2.03. The van der Waals surface area contributed by atoms with Gasteiger partial charge in [0, 0.05) is 12.1 Å². The van der Waals surface area contributed by atoms with Crippen LogP contribution in [-0.4, -0.2) is 16.3 Å². The summed E-state index contributed by atoms with van der Waals surface area (Å²) >= 11 is 6.18. The van der Waals surface area contributed by atoms with Crippen LogP contribution in [0, 0.1) is 18.6 Å². The minimum atomic E-state index is -0.676. The molecule has 0 aliphatic carbocycles. The van der Waals surface area contributed by atoms with Gasteiger partial charge in [0.1, 0.15) is 11.6 Å². The van der Waals surface area contributed by atoms with Crippen LogP contribution in [0.15, 0.2) is 18.3 Å². The van der Waals surface area contributed by atoms with Gasteiger partial charge in [-0.2, -0.15) is 5.10 Å². The Kier molecular flexibility index (Phi) is 4.96. The Morgan fingerprint density at radius 2 is 2.05 bits per heavy atom. The van der Waals surface area contributed by atoms with Crippen LogP contribution in [0.4, 0.5) is 8.78 Å².